The summed E-state index contributed by atoms with van der Waals surface area (Å²) in [5.41, 5.74) is 1.98. The van der Waals surface area contributed by atoms with Gasteiger partial charge in [0.2, 0.25) is 0 Å². The lowest BCUT2D eigenvalue weighted by molar-refractivity contribution is -0.136. The van der Waals surface area contributed by atoms with Crippen molar-refractivity contribution in [2.45, 2.75) is 6.92 Å². The number of para-hydroxylation sites is 1. The molecule has 3 aromatic carbocycles. The molecule has 5 nitrogen and oxygen atoms in total. The molecule has 0 aromatic heterocycles. The summed E-state index contributed by atoms with van der Waals surface area (Å²) in [6, 6.07) is 21.0. The van der Waals surface area contributed by atoms with Crippen LogP contribution in [0.4, 0.5) is 5.69 Å². The standard InChI is InChI=1S/C23H20N2O3/c1-3-25-22(26)20(17-12-6-7-14-19(17)28-2)21(23(25)27)24-18-13-8-10-15-9-4-5-11-16(15)18/h4-14,24H,3H2,1-2H3. The molecule has 0 aliphatic carbocycles. The predicted octanol–water partition coefficient (Wildman–Crippen LogP) is 4.06. The molecule has 1 N–H and O–H groups in total. The first-order valence-corrected chi connectivity index (χ1v) is 9.14. The molecular weight excluding hydrogens is 352 g/mol. The first-order chi connectivity index (χ1) is 13.7. The third kappa shape index (κ3) is 2.81. The third-order valence-electron chi connectivity index (χ3n) is 4.91. The van der Waals surface area contributed by atoms with Crippen LogP contribution in [0.25, 0.3) is 16.3 Å². The van der Waals surface area contributed by atoms with Crippen LogP contribution in [0.3, 0.4) is 0 Å². The molecule has 5 heteroatoms. The third-order valence-corrected chi connectivity index (χ3v) is 4.91. The number of rotatable bonds is 5. The molecule has 0 fully saturated rings. The van der Waals surface area contributed by atoms with Crippen LogP contribution >= 0.6 is 0 Å². The van der Waals surface area contributed by atoms with Crippen LogP contribution in [-0.4, -0.2) is 30.4 Å². The van der Waals surface area contributed by atoms with Crippen molar-refractivity contribution in [2.75, 3.05) is 19.0 Å². The lowest BCUT2D eigenvalue weighted by Crippen LogP contribution is -2.32. The van der Waals surface area contributed by atoms with Crippen LogP contribution in [-0.2, 0) is 9.59 Å². The Labute approximate surface area is 163 Å². The van der Waals surface area contributed by atoms with Crippen molar-refractivity contribution in [3.8, 4) is 5.75 Å². The molecule has 1 heterocycles. The van der Waals surface area contributed by atoms with Gasteiger partial charge >= 0.3 is 0 Å². The highest BCUT2D eigenvalue weighted by molar-refractivity contribution is 6.37. The van der Waals surface area contributed by atoms with Gasteiger partial charge in [0, 0.05) is 23.2 Å². The number of likely N-dealkylation sites (N-methyl/N-ethyl adjacent to an activating group) is 1. The molecule has 0 radical (unpaired) electrons. The van der Waals surface area contributed by atoms with E-state index in [0.29, 0.717) is 23.4 Å². The van der Waals surface area contributed by atoms with E-state index in [-0.39, 0.29) is 17.5 Å². The molecular formula is C23H20N2O3. The van der Waals surface area contributed by atoms with Crippen molar-refractivity contribution < 1.29 is 14.3 Å². The van der Waals surface area contributed by atoms with Crippen LogP contribution < -0.4 is 10.1 Å². The maximum atomic E-state index is 13.0. The number of amides is 2. The Morgan fingerprint density at radius 1 is 0.893 bits per heavy atom. The minimum Gasteiger partial charge on any atom is -0.496 e. The number of anilines is 1. The second-order valence-electron chi connectivity index (χ2n) is 6.46. The summed E-state index contributed by atoms with van der Waals surface area (Å²) in [5, 5.41) is 5.27. The molecule has 2 amide bonds. The number of imide groups is 1. The van der Waals surface area contributed by atoms with Gasteiger partial charge in [-0.25, -0.2) is 0 Å². The Kier molecular flexibility index (Phi) is 4.57. The van der Waals surface area contributed by atoms with Crippen molar-refractivity contribution >= 4 is 33.8 Å². The van der Waals surface area contributed by atoms with Gasteiger partial charge in [0.25, 0.3) is 11.8 Å². The first-order valence-electron chi connectivity index (χ1n) is 9.14. The van der Waals surface area contributed by atoms with Crippen molar-refractivity contribution in [3.05, 3.63) is 78.0 Å². The minimum absolute atomic E-state index is 0.271. The van der Waals surface area contributed by atoms with E-state index in [0.717, 1.165) is 16.5 Å². The zero-order valence-electron chi connectivity index (χ0n) is 15.7. The van der Waals surface area contributed by atoms with Gasteiger partial charge in [0.1, 0.15) is 11.4 Å². The van der Waals surface area contributed by atoms with Crippen LogP contribution in [0.15, 0.2) is 72.4 Å². The van der Waals surface area contributed by atoms with Crippen LogP contribution in [0, 0.1) is 0 Å². The largest absolute Gasteiger partial charge is 0.496 e. The summed E-state index contributed by atoms with van der Waals surface area (Å²) in [4.78, 5) is 27.3. The highest BCUT2D eigenvalue weighted by Gasteiger charge is 2.39. The quantitative estimate of drug-likeness (QED) is 0.686. The fraction of sp³-hybridized carbons (Fsp3) is 0.130. The summed E-state index contributed by atoms with van der Waals surface area (Å²) < 4.78 is 5.43. The molecule has 140 valence electrons. The summed E-state index contributed by atoms with van der Waals surface area (Å²) >= 11 is 0. The van der Waals surface area contributed by atoms with Gasteiger partial charge in [0.05, 0.1) is 12.7 Å². The molecule has 0 saturated heterocycles. The molecule has 4 rings (SSSR count). The number of benzene rings is 3. The molecule has 0 bridgehead atoms. The van der Waals surface area contributed by atoms with Crippen molar-refractivity contribution in [2.24, 2.45) is 0 Å². The van der Waals surface area contributed by atoms with Crippen molar-refractivity contribution in [1.29, 1.82) is 0 Å². The second-order valence-corrected chi connectivity index (χ2v) is 6.46. The maximum Gasteiger partial charge on any atom is 0.278 e. The zero-order chi connectivity index (χ0) is 19.7. The molecule has 0 atom stereocenters. The summed E-state index contributed by atoms with van der Waals surface area (Å²) in [5.74, 6) is -0.102. The van der Waals surface area contributed by atoms with Crippen molar-refractivity contribution in [3.63, 3.8) is 0 Å². The number of methoxy groups -OCH3 is 1. The molecule has 28 heavy (non-hydrogen) atoms. The lowest BCUT2D eigenvalue weighted by atomic mass is 10.0. The van der Waals surface area contributed by atoms with Crippen LogP contribution in [0.1, 0.15) is 12.5 Å². The Morgan fingerprint density at radius 3 is 2.39 bits per heavy atom. The Balaban J connectivity index is 1.90. The van der Waals surface area contributed by atoms with E-state index < -0.39 is 0 Å². The van der Waals surface area contributed by atoms with Gasteiger partial charge in [-0.15, -0.1) is 0 Å². The zero-order valence-corrected chi connectivity index (χ0v) is 15.7. The van der Waals surface area contributed by atoms with E-state index in [2.05, 4.69) is 5.32 Å². The number of hydrogen-bond donors (Lipinski definition) is 1. The van der Waals surface area contributed by atoms with Gasteiger partial charge < -0.3 is 10.1 Å². The Hall–Kier alpha value is -3.60. The van der Waals surface area contributed by atoms with Gasteiger partial charge in [-0.3, -0.25) is 14.5 Å². The first kappa shape index (κ1) is 17.8. The Morgan fingerprint density at radius 2 is 1.61 bits per heavy atom. The fourth-order valence-electron chi connectivity index (χ4n) is 3.55. The molecule has 0 unspecified atom stereocenters. The fourth-order valence-corrected chi connectivity index (χ4v) is 3.55. The smallest absolute Gasteiger partial charge is 0.278 e. The highest BCUT2D eigenvalue weighted by Crippen LogP contribution is 2.36. The van der Waals surface area contributed by atoms with E-state index in [1.165, 1.54) is 4.90 Å². The number of nitrogens with zero attached hydrogens (tertiary/aromatic N) is 1. The van der Waals surface area contributed by atoms with E-state index in [1.54, 1.807) is 26.2 Å². The Bertz CT molecular complexity index is 1110. The second kappa shape index (κ2) is 7.19. The summed E-state index contributed by atoms with van der Waals surface area (Å²) in [6.45, 7) is 2.09. The highest BCUT2D eigenvalue weighted by atomic mass is 16.5. The van der Waals surface area contributed by atoms with Gasteiger partial charge in [-0.2, -0.15) is 0 Å². The number of ether oxygens (including phenoxy) is 1. The van der Waals surface area contributed by atoms with E-state index >= 15 is 0 Å². The number of carbonyl (C=O) groups is 2. The molecule has 1 aliphatic heterocycles. The molecule has 3 aromatic rings. The molecule has 1 aliphatic rings. The van der Waals surface area contributed by atoms with Gasteiger partial charge in [-0.1, -0.05) is 54.6 Å². The monoisotopic (exact) mass is 372 g/mol. The van der Waals surface area contributed by atoms with Gasteiger partial charge in [-0.05, 0) is 24.4 Å². The number of nitrogens with one attached hydrogen (secondary N) is 1. The summed E-state index contributed by atoms with van der Waals surface area (Å²) in [7, 11) is 1.55. The maximum absolute atomic E-state index is 13.0. The van der Waals surface area contributed by atoms with Crippen LogP contribution in [0.5, 0.6) is 5.75 Å². The lowest BCUT2D eigenvalue weighted by Gasteiger charge is -2.13. The van der Waals surface area contributed by atoms with Crippen molar-refractivity contribution in [1.82, 2.24) is 4.90 Å². The number of hydrogen-bond acceptors (Lipinski definition) is 4. The number of carbonyl (C=O) groups excluding carboxylic acids is 2. The van der Waals surface area contributed by atoms with E-state index in [9.17, 15) is 9.59 Å². The SMILES string of the molecule is CCN1C(=O)C(Nc2cccc3ccccc23)=C(c2ccccc2OC)C1=O. The summed E-state index contributed by atoms with van der Waals surface area (Å²) in [6.07, 6.45) is 0. The average Bonchev–Trinajstić information content (AvgIpc) is 2.97. The van der Waals surface area contributed by atoms with E-state index in [4.69, 9.17) is 4.74 Å². The number of fused-ring (bicyclic) bond motifs is 1. The average molecular weight is 372 g/mol. The van der Waals surface area contributed by atoms with E-state index in [1.807, 2.05) is 54.6 Å². The van der Waals surface area contributed by atoms with Gasteiger partial charge in [0.15, 0.2) is 0 Å². The van der Waals surface area contributed by atoms with Crippen LogP contribution in [0.2, 0.25) is 0 Å². The topological polar surface area (TPSA) is 58.6 Å². The predicted molar refractivity (Wildman–Crippen MR) is 110 cm³/mol. The normalized spacial score (nSPS) is 14.1. The molecule has 0 spiro atoms. The minimum atomic E-state index is -0.332. The molecule has 0 saturated carbocycles.